The lowest BCUT2D eigenvalue weighted by molar-refractivity contribution is -0.151. The Labute approximate surface area is 192 Å². The number of esters is 1. The molecule has 3 heterocycles. The molecule has 0 bridgehead atoms. The zero-order valence-electron chi connectivity index (χ0n) is 19.3. The lowest BCUT2D eigenvalue weighted by Gasteiger charge is -2.40. The van der Waals surface area contributed by atoms with Crippen LogP contribution in [0.4, 0.5) is 13.2 Å². The molecule has 0 aromatic rings. The van der Waals surface area contributed by atoms with Crippen LogP contribution in [-0.4, -0.2) is 77.9 Å². The van der Waals surface area contributed by atoms with E-state index in [2.05, 4.69) is 16.8 Å². The molecule has 3 aliphatic heterocycles. The Hall–Kier alpha value is -2.16. The number of amides is 1. The van der Waals surface area contributed by atoms with Gasteiger partial charge in [0.1, 0.15) is 5.60 Å². The van der Waals surface area contributed by atoms with Crippen molar-refractivity contribution in [2.45, 2.75) is 76.6 Å². The number of hydrogen-bond acceptors (Lipinski definition) is 5. The summed E-state index contributed by atoms with van der Waals surface area (Å²) in [4.78, 5) is 34.5. The molecule has 4 aliphatic rings. The number of piperidine rings is 2. The Balaban J connectivity index is 1.42. The van der Waals surface area contributed by atoms with Gasteiger partial charge in [-0.25, -0.2) is 4.79 Å². The van der Waals surface area contributed by atoms with Gasteiger partial charge in [0.05, 0.1) is 11.6 Å². The lowest BCUT2D eigenvalue weighted by atomic mass is 9.82. The Morgan fingerprint density at radius 3 is 2.45 bits per heavy atom. The molecule has 0 unspecified atom stereocenters. The summed E-state index contributed by atoms with van der Waals surface area (Å²) in [6, 6.07) is -0.0915. The summed E-state index contributed by atoms with van der Waals surface area (Å²) in [6.45, 7) is 7.18. The van der Waals surface area contributed by atoms with Gasteiger partial charge in [-0.3, -0.25) is 9.79 Å². The fraction of sp³-hybridized carbons (Fsp3) is 0.708. The number of likely N-dealkylation sites (tertiary alicyclic amines) is 2. The summed E-state index contributed by atoms with van der Waals surface area (Å²) < 4.78 is 44.8. The molecular weight excluding hydrogens is 435 g/mol. The molecule has 0 saturated carbocycles. The van der Waals surface area contributed by atoms with Crippen molar-refractivity contribution in [3.63, 3.8) is 0 Å². The molecule has 0 aromatic heterocycles. The summed E-state index contributed by atoms with van der Waals surface area (Å²) in [5, 5.41) is 0. The van der Waals surface area contributed by atoms with Crippen molar-refractivity contribution in [1.82, 2.24) is 9.80 Å². The van der Waals surface area contributed by atoms with Gasteiger partial charge >= 0.3 is 12.1 Å². The number of ether oxygens (including phenoxy) is 1. The minimum atomic E-state index is -4.30. The predicted molar refractivity (Wildman–Crippen MR) is 118 cm³/mol. The standard InChI is InChI=1S/C24H32F3N3O3/c1-3-29-13-9-23(10-14-29)20(16(2)22(32)33-23)21(31)30-11-7-18(8-12-30)28-19-6-4-5-17(15-19)24(25,26)27/h15,18H,3-14H2,1-2H3. The highest BCUT2D eigenvalue weighted by Gasteiger charge is 2.51. The largest absolute Gasteiger partial charge is 0.450 e. The predicted octanol–water partition coefficient (Wildman–Crippen LogP) is 3.82. The number of halogens is 3. The molecule has 0 radical (unpaired) electrons. The van der Waals surface area contributed by atoms with Crippen LogP contribution in [0.25, 0.3) is 0 Å². The lowest BCUT2D eigenvalue weighted by Crippen LogP contribution is -2.50. The van der Waals surface area contributed by atoms with Crippen LogP contribution >= 0.6 is 0 Å². The first kappa shape index (κ1) is 24.0. The van der Waals surface area contributed by atoms with Crippen molar-refractivity contribution in [3.05, 3.63) is 22.8 Å². The van der Waals surface area contributed by atoms with Crippen LogP contribution in [0.1, 0.15) is 58.8 Å². The SMILES string of the molecule is CCN1CCC2(CC1)OC(=O)C(C)=C2C(=O)N1CCC(N=C2C=C(C(F)(F)F)CCC2)CC1. The average Bonchev–Trinajstić information content (AvgIpc) is 3.03. The van der Waals surface area contributed by atoms with E-state index in [0.29, 0.717) is 68.5 Å². The Morgan fingerprint density at radius 1 is 1.18 bits per heavy atom. The minimum Gasteiger partial charge on any atom is -0.450 e. The maximum atomic E-state index is 13.5. The van der Waals surface area contributed by atoms with Crippen LogP contribution in [-0.2, 0) is 14.3 Å². The average molecular weight is 468 g/mol. The minimum absolute atomic E-state index is 0.0441. The number of aliphatic imine (C=N–C) groups is 1. The van der Waals surface area contributed by atoms with Crippen molar-refractivity contribution in [2.75, 3.05) is 32.7 Å². The summed E-state index contributed by atoms with van der Waals surface area (Å²) in [5.41, 5.74) is 0.0700. The topological polar surface area (TPSA) is 62.2 Å². The Kier molecular flexibility index (Phi) is 6.71. The maximum Gasteiger partial charge on any atom is 0.412 e. The molecule has 6 nitrogen and oxygen atoms in total. The number of allylic oxidation sites excluding steroid dienone is 2. The zero-order chi connectivity index (χ0) is 23.8. The summed E-state index contributed by atoms with van der Waals surface area (Å²) in [7, 11) is 0. The third-order valence-corrected chi connectivity index (χ3v) is 7.43. The van der Waals surface area contributed by atoms with Gasteiger partial charge in [0, 0.05) is 55.9 Å². The maximum absolute atomic E-state index is 13.5. The van der Waals surface area contributed by atoms with E-state index in [1.807, 2.05) is 0 Å². The van der Waals surface area contributed by atoms with E-state index in [1.54, 1.807) is 11.8 Å². The molecule has 2 fully saturated rings. The monoisotopic (exact) mass is 467 g/mol. The third-order valence-electron chi connectivity index (χ3n) is 7.43. The second-order valence-electron chi connectivity index (χ2n) is 9.48. The first-order valence-electron chi connectivity index (χ1n) is 11.9. The molecule has 0 aromatic carbocycles. The quantitative estimate of drug-likeness (QED) is 0.592. The Morgan fingerprint density at radius 2 is 1.85 bits per heavy atom. The van der Waals surface area contributed by atoms with Crippen molar-refractivity contribution in [2.24, 2.45) is 4.99 Å². The molecule has 33 heavy (non-hydrogen) atoms. The van der Waals surface area contributed by atoms with Gasteiger partial charge in [-0.15, -0.1) is 0 Å². The molecule has 4 rings (SSSR count). The second kappa shape index (κ2) is 9.24. The highest BCUT2D eigenvalue weighted by molar-refractivity contribution is 6.07. The first-order chi connectivity index (χ1) is 15.6. The van der Waals surface area contributed by atoms with Crippen molar-refractivity contribution >= 4 is 17.6 Å². The molecule has 182 valence electrons. The van der Waals surface area contributed by atoms with E-state index in [0.717, 1.165) is 19.6 Å². The fourth-order valence-electron chi connectivity index (χ4n) is 5.41. The van der Waals surface area contributed by atoms with E-state index >= 15 is 0 Å². The molecule has 0 N–H and O–H groups in total. The van der Waals surface area contributed by atoms with E-state index in [9.17, 15) is 22.8 Å². The number of rotatable bonds is 3. The number of alkyl halides is 3. The van der Waals surface area contributed by atoms with Gasteiger partial charge in [-0.1, -0.05) is 6.92 Å². The molecule has 1 aliphatic carbocycles. The summed E-state index contributed by atoms with van der Waals surface area (Å²) in [5.74, 6) is -0.555. The number of carbonyl (C=O) groups is 2. The van der Waals surface area contributed by atoms with Crippen LogP contribution in [0, 0.1) is 0 Å². The molecule has 2 saturated heterocycles. The van der Waals surface area contributed by atoms with E-state index in [-0.39, 0.29) is 18.4 Å². The normalized spacial score (nSPS) is 26.2. The van der Waals surface area contributed by atoms with Gasteiger partial charge in [-0.05, 0) is 51.6 Å². The molecular formula is C24H32F3N3O3. The fourth-order valence-corrected chi connectivity index (χ4v) is 5.41. The number of hydrogen-bond donors (Lipinski definition) is 0. The van der Waals surface area contributed by atoms with Crippen LogP contribution in [0.2, 0.25) is 0 Å². The first-order valence-corrected chi connectivity index (χ1v) is 11.9. The van der Waals surface area contributed by atoms with Crippen LogP contribution < -0.4 is 0 Å². The van der Waals surface area contributed by atoms with Crippen LogP contribution in [0.15, 0.2) is 27.8 Å². The van der Waals surface area contributed by atoms with Crippen LogP contribution in [0.3, 0.4) is 0 Å². The van der Waals surface area contributed by atoms with Gasteiger partial charge in [-0.2, -0.15) is 13.2 Å². The van der Waals surface area contributed by atoms with E-state index < -0.39 is 23.3 Å². The van der Waals surface area contributed by atoms with Gasteiger partial charge < -0.3 is 14.5 Å². The second-order valence-corrected chi connectivity index (χ2v) is 9.48. The molecule has 9 heteroatoms. The van der Waals surface area contributed by atoms with Gasteiger partial charge in [0.25, 0.3) is 5.91 Å². The zero-order valence-corrected chi connectivity index (χ0v) is 19.3. The molecule has 0 atom stereocenters. The van der Waals surface area contributed by atoms with Gasteiger partial charge in [0.15, 0.2) is 0 Å². The number of carbonyl (C=O) groups excluding carboxylic acids is 2. The Bertz CT molecular complexity index is 890. The highest BCUT2D eigenvalue weighted by atomic mass is 19.4. The third kappa shape index (κ3) is 4.88. The van der Waals surface area contributed by atoms with Crippen LogP contribution in [0.5, 0.6) is 0 Å². The van der Waals surface area contributed by atoms with E-state index in [1.165, 1.54) is 6.08 Å². The van der Waals surface area contributed by atoms with Crippen molar-refractivity contribution < 1.29 is 27.5 Å². The molecule has 1 spiro atoms. The summed E-state index contributed by atoms with van der Waals surface area (Å²) in [6.07, 6.45) is 0.385. The smallest absolute Gasteiger partial charge is 0.412 e. The van der Waals surface area contributed by atoms with Crippen molar-refractivity contribution in [1.29, 1.82) is 0 Å². The summed E-state index contributed by atoms with van der Waals surface area (Å²) >= 11 is 0. The van der Waals surface area contributed by atoms with E-state index in [4.69, 9.17) is 4.74 Å². The number of nitrogens with zero attached hydrogens (tertiary/aromatic N) is 3. The molecule has 1 amide bonds. The van der Waals surface area contributed by atoms with Crippen molar-refractivity contribution in [3.8, 4) is 0 Å². The van der Waals surface area contributed by atoms with Gasteiger partial charge in [0.2, 0.25) is 0 Å². The highest BCUT2D eigenvalue weighted by Crippen LogP contribution is 2.42.